The molecule has 9 nitrogen and oxygen atoms in total. The average molecular weight is 426 g/mol. The fourth-order valence-corrected chi connectivity index (χ4v) is 4.12. The lowest BCUT2D eigenvalue weighted by molar-refractivity contribution is 0.177. The third-order valence-electron chi connectivity index (χ3n) is 6.05. The third-order valence-corrected chi connectivity index (χ3v) is 6.05. The first-order chi connectivity index (χ1) is 15.0. The molecule has 1 atom stereocenters. The van der Waals surface area contributed by atoms with Gasteiger partial charge in [0.2, 0.25) is 0 Å². The van der Waals surface area contributed by atoms with Crippen LogP contribution < -0.4 is 22.1 Å². The van der Waals surface area contributed by atoms with Crippen molar-refractivity contribution in [1.82, 2.24) is 24.7 Å². The Morgan fingerprint density at radius 3 is 2.61 bits per heavy atom. The molecule has 2 aromatic rings. The highest BCUT2D eigenvalue weighted by molar-refractivity contribution is 5.88. The average Bonchev–Trinajstić information content (AvgIpc) is 2.76. The van der Waals surface area contributed by atoms with E-state index in [1.807, 2.05) is 31.2 Å². The molecule has 0 unspecified atom stereocenters. The maximum Gasteiger partial charge on any atom is 0.354 e. The number of nitrogens with one attached hydrogen (secondary N) is 2. The lowest BCUT2D eigenvalue weighted by Gasteiger charge is -2.33. The molecular weight excluding hydrogens is 394 g/mol. The van der Waals surface area contributed by atoms with E-state index >= 15 is 0 Å². The van der Waals surface area contributed by atoms with E-state index in [0.717, 1.165) is 51.3 Å². The minimum absolute atomic E-state index is 0.0919. The predicted molar refractivity (Wildman–Crippen MR) is 120 cm³/mol. The summed E-state index contributed by atoms with van der Waals surface area (Å²) < 4.78 is 1.48. The zero-order valence-electron chi connectivity index (χ0n) is 18.0. The van der Waals surface area contributed by atoms with Crippen LogP contribution in [0.3, 0.4) is 0 Å². The maximum absolute atomic E-state index is 12.6. The van der Waals surface area contributed by atoms with Crippen LogP contribution in [0.15, 0.2) is 41.3 Å². The minimum Gasteiger partial charge on any atom is -0.328 e. The second kappa shape index (κ2) is 9.59. The summed E-state index contributed by atoms with van der Waals surface area (Å²) in [5.74, 6) is 0.261. The van der Waals surface area contributed by atoms with Crippen LogP contribution in [0.25, 0.3) is 5.69 Å². The number of carbonyl (C=O) groups excluding carboxylic acids is 1. The molecule has 3 heterocycles. The summed E-state index contributed by atoms with van der Waals surface area (Å²) in [6, 6.07) is 9.76. The van der Waals surface area contributed by atoms with Crippen LogP contribution in [0.1, 0.15) is 25.3 Å². The number of piperazine rings is 1. The molecule has 2 aliphatic heterocycles. The molecule has 4 rings (SSSR count). The van der Waals surface area contributed by atoms with Crippen molar-refractivity contribution in [3.8, 4) is 5.69 Å². The van der Waals surface area contributed by atoms with Gasteiger partial charge < -0.3 is 16.0 Å². The Morgan fingerprint density at radius 2 is 1.94 bits per heavy atom. The SMILES string of the molecule is C[C@H]1CNCCN1C(=O)Nc1ccn(-c2ccc(CN3CCC(N)CC3)cc2)c(=O)n1. The van der Waals surface area contributed by atoms with Gasteiger partial charge in [-0.1, -0.05) is 12.1 Å². The van der Waals surface area contributed by atoms with Crippen molar-refractivity contribution in [2.75, 3.05) is 38.0 Å². The molecule has 2 amide bonds. The fourth-order valence-electron chi connectivity index (χ4n) is 4.12. The molecule has 1 aromatic carbocycles. The van der Waals surface area contributed by atoms with Gasteiger partial charge in [0.15, 0.2) is 0 Å². The van der Waals surface area contributed by atoms with Crippen LogP contribution in [0.5, 0.6) is 0 Å². The number of hydrogen-bond acceptors (Lipinski definition) is 6. The number of anilines is 1. The Balaban J connectivity index is 1.39. The highest BCUT2D eigenvalue weighted by Crippen LogP contribution is 2.15. The molecule has 4 N–H and O–H groups in total. The van der Waals surface area contributed by atoms with E-state index in [4.69, 9.17) is 5.73 Å². The molecule has 0 radical (unpaired) electrons. The fraction of sp³-hybridized carbons (Fsp3) is 0.500. The summed E-state index contributed by atoms with van der Waals surface area (Å²) in [5.41, 5.74) is 7.50. The summed E-state index contributed by atoms with van der Waals surface area (Å²) in [7, 11) is 0. The van der Waals surface area contributed by atoms with Crippen LogP contribution in [0.2, 0.25) is 0 Å². The van der Waals surface area contributed by atoms with E-state index in [2.05, 4.69) is 20.5 Å². The summed E-state index contributed by atoms with van der Waals surface area (Å²) in [4.78, 5) is 33.2. The Hall–Kier alpha value is -2.75. The molecule has 0 aliphatic carbocycles. The number of rotatable bonds is 4. The Labute approximate surface area is 182 Å². The normalized spacial score (nSPS) is 20.6. The number of hydrogen-bond donors (Lipinski definition) is 3. The lowest BCUT2D eigenvalue weighted by Crippen LogP contribution is -2.53. The van der Waals surface area contributed by atoms with Crippen molar-refractivity contribution < 1.29 is 4.79 Å². The van der Waals surface area contributed by atoms with Gasteiger partial charge in [0.1, 0.15) is 5.82 Å². The summed E-state index contributed by atoms with van der Waals surface area (Å²) in [6.07, 6.45) is 3.72. The van der Waals surface area contributed by atoms with Crippen molar-refractivity contribution in [1.29, 1.82) is 0 Å². The van der Waals surface area contributed by atoms with E-state index in [9.17, 15) is 9.59 Å². The monoisotopic (exact) mass is 425 g/mol. The Kier molecular flexibility index (Phi) is 6.64. The van der Waals surface area contributed by atoms with Gasteiger partial charge in [-0.2, -0.15) is 4.98 Å². The van der Waals surface area contributed by atoms with E-state index in [0.29, 0.717) is 12.6 Å². The van der Waals surface area contributed by atoms with Crippen LogP contribution >= 0.6 is 0 Å². The van der Waals surface area contributed by atoms with Crippen molar-refractivity contribution in [3.05, 3.63) is 52.6 Å². The second-order valence-electron chi connectivity index (χ2n) is 8.42. The first-order valence-corrected chi connectivity index (χ1v) is 10.9. The number of urea groups is 1. The van der Waals surface area contributed by atoms with Crippen molar-refractivity contribution in [3.63, 3.8) is 0 Å². The van der Waals surface area contributed by atoms with Gasteiger partial charge in [0.25, 0.3) is 0 Å². The Morgan fingerprint density at radius 1 is 1.19 bits per heavy atom. The molecule has 1 aromatic heterocycles. The molecule has 0 saturated carbocycles. The molecule has 0 bridgehead atoms. The van der Waals surface area contributed by atoms with Gasteiger partial charge in [-0.15, -0.1) is 0 Å². The van der Waals surface area contributed by atoms with Crippen LogP contribution in [0.4, 0.5) is 10.6 Å². The second-order valence-corrected chi connectivity index (χ2v) is 8.42. The minimum atomic E-state index is -0.427. The number of piperidine rings is 1. The molecule has 166 valence electrons. The number of nitrogens with zero attached hydrogens (tertiary/aromatic N) is 4. The molecule has 0 spiro atoms. The van der Waals surface area contributed by atoms with E-state index in [1.54, 1.807) is 17.2 Å². The zero-order chi connectivity index (χ0) is 21.8. The predicted octanol–water partition coefficient (Wildman–Crippen LogP) is 0.981. The number of nitrogens with two attached hydrogens (primary N) is 1. The van der Waals surface area contributed by atoms with Crippen LogP contribution in [-0.4, -0.2) is 70.2 Å². The van der Waals surface area contributed by atoms with E-state index < -0.39 is 5.69 Å². The zero-order valence-corrected chi connectivity index (χ0v) is 18.0. The number of likely N-dealkylation sites (tertiary alicyclic amines) is 1. The summed E-state index contributed by atoms with van der Waals surface area (Å²) >= 11 is 0. The quantitative estimate of drug-likeness (QED) is 0.674. The van der Waals surface area contributed by atoms with E-state index in [-0.39, 0.29) is 17.9 Å². The summed E-state index contributed by atoms with van der Waals surface area (Å²) in [6.45, 7) is 7.05. The van der Waals surface area contributed by atoms with Crippen molar-refractivity contribution in [2.45, 2.75) is 38.4 Å². The smallest absolute Gasteiger partial charge is 0.328 e. The molecular formula is C22H31N7O2. The van der Waals surface area contributed by atoms with Gasteiger partial charge in [0.05, 0.1) is 5.69 Å². The van der Waals surface area contributed by atoms with Gasteiger partial charge in [-0.05, 0) is 56.6 Å². The first kappa shape index (κ1) is 21.5. The molecule has 2 fully saturated rings. The van der Waals surface area contributed by atoms with Crippen molar-refractivity contribution in [2.24, 2.45) is 5.73 Å². The largest absolute Gasteiger partial charge is 0.354 e. The molecule has 31 heavy (non-hydrogen) atoms. The third kappa shape index (κ3) is 5.30. The number of carbonyl (C=O) groups is 1. The van der Waals surface area contributed by atoms with Crippen molar-refractivity contribution >= 4 is 11.8 Å². The maximum atomic E-state index is 12.6. The van der Waals surface area contributed by atoms with E-state index in [1.165, 1.54) is 10.1 Å². The topological polar surface area (TPSA) is 109 Å². The highest BCUT2D eigenvalue weighted by Gasteiger charge is 2.23. The van der Waals surface area contributed by atoms with Gasteiger partial charge in [-0.3, -0.25) is 14.8 Å². The molecule has 2 saturated heterocycles. The number of aromatic nitrogens is 2. The molecule has 9 heteroatoms. The number of amides is 2. The van der Waals surface area contributed by atoms with Crippen LogP contribution in [-0.2, 0) is 6.54 Å². The van der Waals surface area contributed by atoms with Gasteiger partial charge >= 0.3 is 11.7 Å². The number of benzene rings is 1. The molecule has 2 aliphatic rings. The Bertz CT molecular complexity index is 951. The summed E-state index contributed by atoms with van der Waals surface area (Å²) in [5, 5.41) is 5.99. The highest BCUT2D eigenvalue weighted by atomic mass is 16.2. The first-order valence-electron chi connectivity index (χ1n) is 10.9. The standard InChI is InChI=1S/C22H31N7O2/c1-16-14-24-9-13-28(16)21(30)25-20-8-12-29(22(31)26-20)19-4-2-17(3-5-19)15-27-10-6-18(23)7-11-27/h2-5,8,12,16,18,24H,6-7,9-11,13-15,23H2,1H3,(H,25,26,30,31)/t16-/m0/s1. The van der Waals surface area contributed by atoms with Gasteiger partial charge in [-0.25, -0.2) is 9.59 Å². The van der Waals surface area contributed by atoms with Gasteiger partial charge in [0, 0.05) is 44.5 Å². The van der Waals surface area contributed by atoms with Crippen LogP contribution in [0, 0.1) is 0 Å². The lowest BCUT2D eigenvalue weighted by atomic mass is 10.1.